The Labute approximate surface area is 176 Å². The summed E-state index contributed by atoms with van der Waals surface area (Å²) in [5.41, 5.74) is 2.19. The molecular formula is C22H18N2O5S. The van der Waals surface area contributed by atoms with Crippen LogP contribution in [0.15, 0.2) is 42.5 Å². The molecule has 2 aromatic carbocycles. The number of amides is 1. The van der Waals surface area contributed by atoms with Gasteiger partial charge in [0.25, 0.3) is 5.91 Å². The minimum atomic E-state index is -1.15. The predicted molar refractivity (Wildman–Crippen MR) is 113 cm³/mol. The Morgan fingerprint density at radius 1 is 1.20 bits per heavy atom. The molecule has 0 unspecified atom stereocenters. The fraction of sp³-hybridized carbons (Fsp3) is 0.136. The molecule has 1 heterocycles. The van der Waals surface area contributed by atoms with Gasteiger partial charge in [-0.2, -0.15) is 5.26 Å². The number of aryl methyl sites for hydroxylation is 1. The number of ether oxygens (including phenoxy) is 1. The summed E-state index contributed by atoms with van der Waals surface area (Å²) in [5.74, 6) is -0.989. The first-order valence-corrected chi connectivity index (χ1v) is 9.67. The fourth-order valence-corrected chi connectivity index (χ4v) is 4.12. The number of nitrogens with one attached hydrogen (secondary N) is 1. The maximum Gasteiger partial charge on any atom is 0.335 e. The van der Waals surface area contributed by atoms with Crippen molar-refractivity contribution in [3.05, 3.63) is 69.6 Å². The van der Waals surface area contributed by atoms with Gasteiger partial charge in [-0.05, 0) is 48.4 Å². The lowest BCUT2D eigenvalue weighted by molar-refractivity contribution is 0.0696. The van der Waals surface area contributed by atoms with Crippen molar-refractivity contribution in [3.63, 3.8) is 0 Å². The molecule has 0 saturated carbocycles. The van der Waals surface area contributed by atoms with E-state index < -0.39 is 18.5 Å². The van der Waals surface area contributed by atoms with Crippen LogP contribution in [-0.2, 0) is 6.61 Å². The minimum Gasteiger partial charge on any atom is -0.497 e. The van der Waals surface area contributed by atoms with E-state index in [0.717, 1.165) is 16.0 Å². The molecule has 152 valence electrons. The van der Waals surface area contributed by atoms with Crippen LogP contribution in [0.4, 0.5) is 5.00 Å². The van der Waals surface area contributed by atoms with E-state index in [1.807, 2.05) is 19.1 Å². The molecule has 30 heavy (non-hydrogen) atoms. The topological polar surface area (TPSA) is 120 Å². The number of nitrogens with zero attached hydrogens (tertiary/aromatic N) is 1. The number of carboxylic acid groups (broad SMARTS) is 1. The number of hydrogen-bond acceptors (Lipinski definition) is 6. The molecule has 7 nitrogen and oxygen atoms in total. The van der Waals surface area contributed by atoms with E-state index in [4.69, 9.17) is 9.84 Å². The third-order valence-corrected chi connectivity index (χ3v) is 5.59. The van der Waals surface area contributed by atoms with E-state index in [-0.39, 0.29) is 16.7 Å². The molecule has 0 aliphatic heterocycles. The number of methoxy groups -OCH3 is 1. The largest absolute Gasteiger partial charge is 0.497 e. The molecule has 0 atom stereocenters. The zero-order valence-corrected chi connectivity index (χ0v) is 17.0. The monoisotopic (exact) mass is 422 g/mol. The number of anilines is 1. The van der Waals surface area contributed by atoms with Gasteiger partial charge in [0, 0.05) is 16.0 Å². The van der Waals surface area contributed by atoms with Crippen LogP contribution in [0.5, 0.6) is 5.75 Å². The van der Waals surface area contributed by atoms with Crippen LogP contribution in [0.25, 0.3) is 11.1 Å². The molecular weight excluding hydrogens is 404 g/mol. The Hall–Kier alpha value is -3.67. The van der Waals surface area contributed by atoms with Gasteiger partial charge in [0.05, 0.1) is 24.8 Å². The zero-order chi connectivity index (χ0) is 21.8. The molecule has 0 aliphatic rings. The molecule has 0 radical (unpaired) electrons. The minimum absolute atomic E-state index is 0.0259. The van der Waals surface area contributed by atoms with Crippen LogP contribution < -0.4 is 10.1 Å². The maximum absolute atomic E-state index is 12.8. The summed E-state index contributed by atoms with van der Waals surface area (Å²) in [6.07, 6.45) is 0. The zero-order valence-electron chi connectivity index (χ0n) is 16.2. The highest BCUT2D eigenvalue weighted by atomic mass is 32.1. The summed E-state index contributed by atoms with van der Waals surface area (Å²) in [6.45, 7) is 1.37. The van der Waals surface area contributed by atoms with Crippen molar-refractivity contribution in [2.24, 2.45) is 0 Å². The summed E-state index contributed by atoms with van der Waals surface area (Å²) in [7, 11) is 1.57. The molecule has 3 aromatic rings. The SMILES string of the molecule is COc1ccc(-c2c(C)sc(NC(=O)c3ccc(C(=O)O)cc3CO)c2C#N)cc1. The van der Waals surface area contributed by atoms with Crippen molar-refractivity contribution in [1.82, 2.24) is 0 Å². The van der Waals surface area contributed by atoms with E-state index in [0.29, 0.717) is 16.3 Å². The molecule has 3 rings (SSSR count). The second-order valence-electron chi connectivity index (χ2n) is 6.37. The van der Waals surface area contributed by atoms with Crippen LogP contribution in [-0.4, -0.2) is 29.2 Å². The lowest BCUT2D eigenvalue weighted by Gasteiger charge is -2.09. The lowest BCUT2D eigenvalue weighted by atomic mass is 10.0. The van der Waals surface area contributed by atoms with E-state index in [1.54, 1.807) is 19.2 Å². The summed E-state index contributed by atoms with van der Waals surface area (Å²) >= 11 is 1.27. The molecule has 8 heteroatoms. The van der Waals surface area contributed by atoms with Crippen LogP contribution in [0.1, 0.15) is 36.7 Å². The van der Waals surface area contributed by atoms with Crippen molar-refractivity contribution < 1.29 is 24.5 Å². The first kappa shape index (κ1) is 21.0. The smallest absolute Gasteiger partial charge is 0.335 e. The van der Waals surface area contributed by atoms with Gasteiger partial charge in [-0.1, -0.05) is 12.1 Å². The van der Waals surface area contributed by atoms with Crippen LogP contribution in [0.2, 0.25) is 0 Å². The number of carboxylic acids is 1. The summed E-state index contributed by atoms with van der Waals surface area (Å²) in [5, 5.41) is 31.5. The Morgan fingerprint density at radius 2 is 1.90 bits per heavy atom. The summed E-state index contributed by atoms with van der Waals surface area (Å²) in [6, 6.07) is 13.3. The highest BCUT2D eigenvalue weighted by Gasteiger charge is 2.21. The highest BCUT2D eigenvalue weighted by Crippen LogP contribution is 2.40. The molecule has 0 aliphatic carbocycles. The Morgan fingerprint density at radius 3 is 2.47 bits per heavy atom. The summed E-state index contributed by atoms with van der Waals surface area (Å²) < 4.78 is 5.17. The van der Waals surface area contributed by atoms with Crippen molar-refractivity contribution in [2.75, 3.05) is 12.4 Å². The summed E-state index contributed by atoms with van der Waals surface area (Å²) in [4.78, 5) is 24.8. The molecule has 0 saturated heterocycles. The average molecular weight is 422 g/mol. The number of carbonyl (C=O) groups excluding carboxylic acids is 1. The normalized spacial score (nSPS) is 10.3. The molecule has 3 N–H and O–H groups in total. The van der Waals surface area contributed by atoms with Gasteiger partial charge in [-0.15, -0.1) is 11.3 Å². The number of thiophene rings is 1. The van der Waals surface area contributed by atoms with Crippen molar-refractivity contribution >= 4 is 28.2 Å². The van der Waals surface area contributed by atoms with Crippen LogP contribution in [0, 0.1) is 18.3 Å². The van der Waals surface area contributed by atoms with E-state index >= 15 is 0 Å². The Balaban J connectivity index is 1.97. The first-order valence-electron chi connectivity index (χ1n) is 8.86. The number of benzene rings is 2. The van der Waals surface area contributed by atoms with Crippen LogP contribution in [0.3, 0.4) is 0 Å². The molecule has 1 amide bonds. The molecule has 0 spiro atoms. The molecule has 0 fully saturated rings. The molecule has 1 aromatic heterocycles. The number of hydrogen-bond donors (Lipinski definition) is 3. The highest BCUT2D eigenvalue weighted by molar-refractivity contribution is 7.17. The quantitative estimate of drug-likeness (QED) is 0.551. The second-order valence-corrected chi connectivity index (χ2v) is 7.59. The Kier molecular flexibility index (Phi) is 6.16. The third kappa shape index (κ3) is 4.03. The van der Waals surface area contributed by atoms with Crippen LogP contribution >= 0.6 is 11.3 Å². The third-order valence-electron chi connectivity index (χ3n) is 4.57. The first-order chi connectivity index (χ1) is 14.4. The van der Waals surface area contributed by atoms with Gasteiger partial charge in [0.1, 0.15) is 16.8 Å². The van der Waals surface area contributed by atoms with Crippen molar-refractivity contribution in [1.29, 1.82) is 5.26 Å². The maximum atomic E-state index is 12.8. The van der Waals surface area contributed by atoms with Gasteiger partial charge in [0.15, 0.2) is 0 Å². The standard InChI is InChI=1S/C22H18N2O5S/c1-12-19(13-3-6-16(29-2)7-4-13)18(10-23)21(30-12)24-20(26)17-8-5-14(22(27)28)9-15(17)11-25/h3-9,25H,11H2,1-2H3,(H,24,26)(H,27,28). The fourth-order valence-electron chi connectivity index (χ4n) is 3.09. The van der Waals surface area contributed by atoms with E-state index in [1.165, 1.54) is 29.5 Å². The number of aromatic carboxylic acids is 1. The number of aliphatic hydroxyl groups excluding tert-OH is 1. The van der Waals surface area contributed by atoms with Gasteiger partial charge in [-0.3, -0.25) is 4.79 Å². The number of nitriles is 1. The van der Waals surface area contributed by atoms with Gasteiger partial charge < -0.3 is 20.3 Å². The number of carbonyl (C=O) groups is 2. The Bertz CT molecular complexity index is 1160. The van der Waals surface area contributed by atoms with Crippen molar-refractivity contribution in [3.8, 4) is 22.9 Å². The van der Waals surface area contributed by atoms with E-state index in [9.17, 15) is 20.0 Å². The van der Waals surface area contributed by atoms with E-state index in [2.05, 4.69) is 11.4 Å². The predicted octanol–water partition coefficient (Wildman–Crippen LogP) is 4.05. The average Bonchev–Trinajstić information content (AvgIpc) is 3.07. The van der Waals surface area contributed by atoms with Gasteiger partial charge in [0.2, 0.25) is 0 Å². The lowest BCUT2D eigenvalue weighted by Crippen LogP contribution is -2.15. The second kappa shape index (κ2) is 8.78. The van der Waals surface area contributed by atoms with Crippen molar-refractivity contribution in [2.45, 2.75) is 13.5 Å². The number of aliphatic hydroxyl groups is 1. The van der Waals surface area contributed by atoms with Gasteiger partial charge in [-0.25, -0.2) is 4.79 Å². The number of rotatable bonds is 6. The van der Waals surface area contributed by atoms with Gasteiger partial charge >= 0.3 is 5.97 Å². The molecule has 0 bridgehead atoms.